The largest absolute Gasteiger partial charge is 0.419 e. The molecule has 30 heavy (non-hydrogen) atoms. The van der Waals surface area contributed by atoms with Crippen LogP contribution in [0.1, 0.15) is 62.5 Å². The molecule has 2 fully saturated rings. The lowest BCUT2D eigenvalue weighted by molar-refractivity contribution is -0.139. The molecular formula is C25H28F4O. The first kappa shape index (κ1) is 21.4. The summed E-state index contributed by atoms with van der Waals surface area (Å²) in [4.78, 5) is 0. The second kappa shape index (κ2) is 8.70. The molecule has 2 aliphatic carbocycles. The molecule has 0 amide bonds. The second-order valence-corrected chi connectivity index (χ2v) is 8.73. The lowest BCUT2D eigenvalue weighted by atomic mass is 9.65. The van der Waals surface area contributed by atoms with Crippen molar-refractivity contribution in [1.29, 1.82) is 0 Å². The highest BCUT2D eigenvalue weighted by atomic mass is 19.4. The molecule has 2 aliphatic rings. The van der Waals surface area contributed by atoms with E-state index in [1.807, 2.05) is 12.1 Å². The van der Waals surface area contributed by atoms with Gasteiger partial charge in [0.05, 0.1) is 11.7 Å². The maximum Gasteiger partial charge on any atom is 0.419 e. The Morgan fingerprint density at radius 2 is 1.53 bits per heavy atom. The number of ether oxygens (including phenoxy) is 1. The van der Waals surface area contributed by atoms with Gasteiger partial charge in [0.15, 0.2) is 0 Å². The molecule has 162 valence electrons. The minimum absolute atomic E-state index is 0.427. The Hall–Kier alpha value is -1.88. The summed E-state index contributed by atoms with van der Waals surface area (Å²) < 4.78 is 58.1. The maximum absolute atomic E-state index is 13.9. The van der Waals surface area contributed by atoms with E-state index in [9.17, 15) is 17.6 Å². The molecule has 0 N–H and O–H groups in total. The molecule has 1 nitrogen and oxygen atoms in total. The minimum atomic E-state index is -4.67. The zero-order valence-electron chi connectivity index (χ0n) is 17.2. The third kappa shape index (κ3) is 4.56. The molecule has 0 spiro atoms. The van der Waals surface area contributed by atoms with Crippen molar-refractivity contribution in [1.82, 2.24) is 0 Å². The Bertz CT molecular complexity index is 858. The van der Waals surface area contributed by atoms with E-state index in [1.54, 1.807) is 0 Å². The van der Waals surface area contributed by atoms with Gasteiger partial charge in [0, 0.05) is 6.61 Å². The van der Waals surface area contributed by atoms with E-state index in [2.05, 4.69) is 19.1 Å². The van der Waals surface area contributed by atoms with Crippen LogP contribution in [0.4, 0.5) is 17.6 Å². The van der Waals surface area contributed by atoms with E-state index in [1.165, 1.54) is 37.3 Å². The van der Waals surface area contributed by atoms with Gasteiger partial charge in [0.2, 0.25) is 0 Å². The zero-order chi connectivity index (χ0) is 21.3. The monoisotopic (exact) mass is 420 g/mol. The van der Waals surface area contributed by atoms with Crippen LogP contribution in [0.5, 0.6) is 0 Å². The topological polar surface area (TPSA) is 9.23 Å². The van der Waals surface area contributed by atoms with Crippen LogP contribution in [0, 0.1) is 17.7 Å². The van der Waals surface area contributed by atoms with Gasteiger partial charge in [0.25, 0.3) is 0 Å². The number of rotatable bonds is 4. The van der Waals surface area contributed by atoms with E-state index in [4.69, 9.17) is 4.74 Å². The first-order valence-electron chi connectivity index (χ1n) is 10.9. The van der Waals surface area contributed by atoms with Crippen LogP contribution < -0.4 is 0 Å². The zero-order valence-corrected chi connectivity index (χ0v) is 17.2. The van der Waals surface area contributed by atoms with E-state index in [0.717, 1.165) is 49.0 Å². The third-order valence-corrected chi connectivity index (χ3v) is 6.96. The highest BCUT2D eigenvalue weighted by molar-refractivity contribution is 5.64. The van der Waals surface area contributed by atoms with Crippen LogP contribution in [0.3, 0.4) is 0 Å². The van der Waals surface area contributed by atoms with Gasteiger partial charge in [-0.3, -0.25) is 0 Å². The average molecular weight is 420 g/mol. The summed E-state index contributed by atoms with van der Waals surface area (Å²) in [5.74, 6) is 0.809. The fraction of sp³-hybridized carbons (Fsp3) is 0.520. The van der Waals surface area contributed by atoms with Gasteiger partial charge in [-0.1, -0.05) is 30.3 Å². The number of benzene rings is 2. The van der Waals surface area contributed by atoms with Gasteiger partial charge in [-0.15, -0.1) is 0 Å². The van der Waals surface area contributed by atoms with Crippen molar-refractivity contribution in [2.24, 2.45) is 11.8 Å². The van der Waals surface area contributed by atoms with Crippen molar-refractivity contribution in [3.63, 3.8) is 0 Å². The lowest BCUT2D eigenvalue weighted by Crippen LogP contribution is -2.33. The number of hydrogen-bond donors (Lipinski definition) is 0. The fourth-order valence-corrected chi connectivity index (χ4v) is 5.41. The molecule has 0 saturated heterocycles. The molecule has 0 radical (unpaired) electrons. The molecule has 2 saturated carbocycles. The summed E-state index contributed by atoms with van der Waals surface area (Å²) in [6, 6.07) is 11.0. The number of fused-ring (bicyclic) bond motifs is 1. The molecule has 4 unspecified atom stereocenters. The van der Waals surface area contributed by atoms with Crippen molar-refractivity contribution >= 4 is 0 Å². The molecular weight excluding hydrogens is 392 g/mol. The van der Waals surface area contributed by atoms with E-state index < -0.39 is 17.6 Å². The molecule has 0 heterocycles. The molecule has 4 rings (SSSR count). The third-order valence-electron chi connectivity index (χ3n) is 6.96. The molecule has 0 aliphatic heterocycles. The number of hydrogen-bond acceptors (Lipinski definition) is 1. The smallest absolute Gasteiger partial charge is 0.378 e. The Morgan fingerprint density at radius 3 is 2.20 bits per heavy atom. The van der Waals surface area contributed by atoms with Crippen LogP contribution >= 0.6 is 0 Å². The Labute approximate surface area is 175 Å². The molecule has 0 bridgehead atoms. The summed E-state index contributed by atoms with van der Waals surface area (Å²) in [6.45, 7) is 2.85. The molecule has 2 aromatic rings. The van der Waals surface area contributed by atoms with Gasteiger partial charge in [-0.2, -0.15) is 13.2 Å². The minimum Gasteiger partial charge on any atom is -0.378 e. The first-order chi connectivity index (χ1) is 14.3. The second-order valence-electron chi connectivity index (χ2n) is 8.73. The normalized spacial score (nSPS) is 27.0. The Kier molecular flexibility index (Phi) is 6.19. The van der Waals surface area contributed by atoms with Crippen LogP contribution in [0.2, 0.25) is 0 Å². The highest BCUT2D eigenvalue weighted by Gasteiger charge is 2.36. The SMILES string of the molecule is CCOC1CCC2CC(c3ccc(-c4ccc(C(F)(F)F)c(F)c4)cc3)CCC2C1. The van der Waals surface area contributed by atoms with Gasteiger partial charge in [-0.25, -0.2) is 4.39 Å². The van der Waals surface area contributed by atoms with Gasteiger partial charge in [0.1, 0.15) is 5.82 Å². The average Bonchev–Trinajstić information content (AvgIpc) is 2.73. The van der Waals surface area contributed by atoms with E-state index in [-0.39, 0.29) is 0 Å². The summed E-state index contributed by atoms with van der Waals surface area (Å²) in [5, 5.41) is 0. The molecule has 0 aromatic heterocycles. The van der Waals surface area contributed by atoms with E-state index >= 15 is 0 Å². The van der Waals surface area contributed by atoms with Crippen molar-refractivity contribution in [2.75, 3.05) is 6.61 Å². The van der Waals surface area contributed by atoms with Crippen molar-refractivity contribution in [3.8, 4) is 11.1 Å². The summed E-state index contributed by atoms with van der Waals surface area (Å²) in [7, 11) is 0. The summed E-state index contributed by atoms with van der Waals surface area (Å²) in [5.41, 5.74) is 1.25. The fourth-order valence-electron chi connectivity index (χ4n) is 5.41. The number of halogens is 4. The van der Waals surface area contributed by atoms with Gasteiger partial charge in [-0.05, 0) is 92.0 Å². The summed E-state index contributed by atoms with van der Waals surface area (Å²) >= 11 is 0. The summed E-state index contributed by atoms with van der Waals surface area (Å²) in [6.07, 6.45) is 2.90. The Morgan fingerprint density at radius 1 is 0.867 bits per heavy atom. The standard InChI is InChI=1S/C25H28F4O/c1-2-30-22-11-9-19-13-18(7-8-20(19)14-22)16-3-5-17(6-4-16)21-10-12-23(24(26)15-21)25(27,28)29/h3-6,10,12,15,18-20,22H,2,7-9,11,13-14H2,1H3. The van der Waals surface area contributed by atoms with Crippen molar-refractivity contribution in [2.45, 2.75) is 63.6 Å². The highest BCUT2D eigenvalue weighted by Crippen LogP contribution is 2.46. The quantitative estimate of drug-likeness (QED) is 0.463. The van der Waals surface area contributed by atoms with Gasteiger partial charge >= 0.3 is 6.18 Å². The predicted molar refractivity (Wildman–Crippen MR) is 110 cm³/mol. The Balaban J connectivity index is 1.43. The van der Waals surface area contributed by atoms with Crippen molar-refractivity contribution in [3.05, 3.63) is 59.4 Å². The van der Waals surface area contributed by atoms with Crippen LogP contribution in [-0.2, 0) is 10.9 Å². The lowest BCUT2D eigenvalue weighted by Gasteiger charge is -2.42. The van der Waals surface area contributed by atoms with Crippen LogP contribution in [-0.4, -0.2) is 12.7 Å². The predicted octanol–water partition coefficient (Wildman–Crippen LogP) is 7.60. The molecule has 2 aromatic carbocycles. The van der Waals surface area contributed by atoms with Crippen LogP contribution in [0.25, 0.3) is 11.1 Å². The van der Waals surface area contributed by atoms with E-state index in [0.29, 0.717) is 17.6 Å². The maximum atomic E-state index is 13.9. The first-order valence-corrected chi connectivity index (χ1v) is 10.9. The molecule has 4 atom stereocenters. The van der Waals surface area contributed by atoms with Gasteiger partial charge < -0.3 is 4.74 Å². The van der Waals surface area contributed by atoms with Crippen molar-refractivity contribution < 1.29 is 22.3 Å². The molecule has 5 heteroatoms. The van der Waals surface area contributed by atoms with Crippen LogP contribution in [0.15, 0.2) is 42.5 Å². The number of alkyl halides is 3.